The zero-order chi connectivity index (χ0) is 13.3. The molecule has 17 heavy (non-hydrogen) atoms. The number of carboxylic acids is 1. The summed E-state index contributed by atoms with van der Waals surface area (Å²) in [5.41, 5.74) is 0. The van der Waals surface area contributed by atoms with Crippen molar-refractivity contribution in [1.82, 2.24) is 0 Å². The number of aliphatic carboxylic acids is 1. The van der Waals surface area contributed by atoms with Crippen LogP contribution in [0.15, 0.2) is 0 Å². The number of rotatable bonds is 3. The van der Waals surface area contributed by atoms with Gasteiger partial charge in [0.05, 0.1) is 5.92 Å². The van der Waals surface area contributed by atoms with E-state index in [4.69, 9.17) is 16.7 Å². The molecule has 1 aliphatic carbocycles. The lowest BCUT2D eigenvalue weighted by Crippen LogP contribution is -2.54. The second-order valence-electron chi connectivity index (χ2n) is 4.11. The summed E-state index contributed by atoms with van der Waals surface area (Å²) in [6.07, 6.45) is -0.276. The van der Waals surface area contributed by atoms with E-state index in [1.807, 2.05) is 0 Å². The summed E-state index contributed by atoms with van der Waals surface area (Å²) in [4.78, 5) is 31.0. The lowest BCUT2D eigenvalue weighted by molar-refractivity contribution is -0.574. The number of halogens is 1. The van der Waals surface area contributed by atoms with Crippen molar-refractivity contribution in [2.24, 2.45) is 11.8 Å². The maximum Gasteiger partial charge on any atom is 0.307 e. The Kier molecular flexibility index (Phi) is 3.87. The molecule has 0 amide bonds. The van der Waals surface area contributed by atoms with E-state index in [1.54, 1.807) is 0 Å². The highest BCUT2D eigenvalue weighted by Gasteiger charge is 2.55. The fraction of sp³-hybridized carbons (Fsp3) is 0.875. The minimum atomic E-state index is -1.41. The van der Waals surface area contributed by atoms with Crippen molar-refractivity contribution in [3.05, 3.63) is 20.2 Å². The molecule has 0 spiro atoms. The lowest BCUT2D eigenvalue weighted by atomic mass is 9.74. The molecule has 1 saturated carbocycles. The fourth-order valence-corrected chi connectivity index (χ4v) is 2.71. The molecule has 8 nitrogen and oxygen atoms in total. The van der Waals surface area contributed by atoms with Gasteiger partial charge in [-0.3, -0.25) is 25.0 Å². The molecular formula is C8H11ClN2O6. The van der Waals surface area contributed by atoms with E-state index in [0.29, 0.717) is 0 Å². The number of hydrogen-bond donors (Lipinski definition) is 1. The maximum atomic E-state index is 10.9. The molecule has 0 unspecified atom stereocenters. The molecule has 9 heteroatoms. The third-order valence-corrected chi connectivity index (χ3v) is 3.74. The molecule has 96 valence electrons. The first kappa shape index (κ1) is 13.6. The van der Waals surface area contributed by atoms with Crippen molar-refractivity contribution in [3.8, 4) is 0 Å². The molecule has 1 aliphatic rings. The molecule has 0 aliphatic heterocycles. The summed E-state index contributed by atoms with van der Waals surface area (Å²) in [7, 11) is 0. The van der Waals surface area contributed by atoms with Gasteiger partial charge in [-0.1, -0.05) is 6.92 Å². The maximum absolute atomic E-state index is 10.9. The zero-order valence-corrected chi connectivity index (χ0v) is 9.61. The van der Waals surface area contributed by atoms with Crippen LogP contribution in [0.25, 0.3) is 0 Å². The highest BCUT2D eigenvalue weighted by Crippen LogP contribution is 2.36. The minimum absolute atomic E-state index is 0.276. The van der Waals surface area contributed by atoms with E-state index in [2.05, 4.69) is 0 Å². The molecule has 0 heterocycles. The van der Waals surface area contributed by atoms with Crippen LogP contribution in [0.5, 0.6) is 0 Å². The van der Waals surface area contributed by atoms with Gasteiger partial charge >= 0.3 is 5.97 Å². The average molecular weight is 267 g/mol. The first-order valence-corrected chi connectivity index (χ1v) is 5.34. The van der Waals surface area contributed by atoms with Crippen LogP contribution in [0.4, 0.5) is 0 Å². The predicted octanol–water partition coefficient (Wildman–Crippen LogP) is 0.625. The summed E-state index contributed by atoms with van der Waals surface area (Å²) in [5, 5.41) is 29.1. The molecular weight excluding hydrogens is 256 g/mol. The lowest BCUT2D eigenvalue weighted by Gasteiger charge is -2.32. The number of carbonyl (C=O) groups is 1. The van der Waals surface area contributed by atoms with Gasteiger partial charge in [-0.25, -0.2) is 0 Å². The molecule has 0 radical (unpaired) electrons. The second-order valence-corrected chi connectivity index (χ2v) is 4.62. The third-order valence-electron chi connectivity index (χ3n) is 3.19. The summed E-state index contributed by atoms with van der Waals surface area (Å²) in [5.74, 6) is -3.21. The first-order valence-electron chi connectivity index (χ1n) is 4.91. The van der Waals surface area contributed by atoms with Crippen molar-refractivity contribution in [3.63, 3.8) is 0 Å². The highest BCUT2D eigenvalue weighted by molar-refractivity contribution is 6.21. The van der Waals surface area contributed by atoms with Crippen LogP contribution in [-0.2, 0) is 4.79 Å². The fourth-order valence-electron chi connectivity index (χ4n) is 2.20. The summed E-state index contributed by atoms with van der Waals surface area (Å²) in [6, 6.07) is -2.81. The van der Waals surface area contributed by atoms with E-state index in [0.717, 1.165) is 0 Å². The average Bonchev–Trinajstić information content (AvgIpc) is 2.15. The molecule has 0 bridgehead atoms. The molecule has 0 aromatic heterocycles. The van der Waals surface area contributed by atoms with Crippen LogP contribution >= 0.6 is 11.6 Å². The third kappa shape index (κ3) is 2.46. The number of carboxylic acid groups (broad SMARTS) is 1. The van der Waals surface area contributed by atoms with Gasteiger partial charge in [0, 0.05) is 22.2 Å². The molecule has 0 aromatic rings. The van der Waals surface area contributed by atoms with Gasteiger partial charge in [0.1, 0.15) is 0 Å². The monoisotopic (exact) mass is 266 g/mol. The molecule has 0 saturated heterocycles. The van der Waals surface area contributed by atoms with Crippen molar-refractivity contribution >= 4 is 17.6 Å². The Morgan fingerprint density at radius 2 is 1.88 bits per heavy atom. The van der Waals surface area contributed by atoms with Gasteiger partial charge < -0.3 is 5.11 Å². The van der Waals surface area contributed by atoms with Gasteiger partial charge in [-0.15, -0.1) is 11.6 Å². The summed E-state index contributed by atoms with van der Waals surface area (Å²) >= 11 is 5.73. The Morgan fingerprint density at radius 1 is 1.35 bits per heavy atom. The minimum Gasteiger partial charge on any atom is -0.481 e. The zero-order valence-electron chi connectivity index (χ0n) is 8.85. The molecule has 1 N–H and O–H groups in total. The molecule has 1 fully saturated rings. The number of hydrogen-bond acceptors (Lipinski definition) is 5. The number of alkyl halides is 1. The quantitative estimate of drug-likeness (QED) is 0.454. The summed E-state index contributed by atoms with van der Waals surface area (Å²) in [6.45, 7) is 1.39. The largest absolute Gasteiger partial charge is 0.481 e. The van der Waals surface area contributed by atoms with Crippen molar-refractivity contribution < 1.29 is 19.7 Å². The second kappa shape index (κ2) is 4.82. The Hall–Kier alpha value is -1.44. The van der Waals surface area contributed by atoms with Crippen molar-refractivity contribution in [1.29, 1.82) is 0 Å². The van der Waals surface area contributed by atoms with E-state index >= 15 is 0 Å². The Labute approximate surface area is 101 Å². The van der Waals surface area contributed by atoms with Crippen LogP contribution in [0.3, 0.4) is 0 Å². The van der Waals surface area contributed by atoms with Crippen molar-refractivity contribution in [2.45, 2.75) is 30.8 Å². The van der Waals surface area contributed by atoms with E-state index in [9.17, 15) is 25.0 Å². The van der Waals surface area contributed by atoms with Gasteiger partial charge in [0.15, 0.2) is 5.38 Å². The smallest absolute Gasteiger partial charge is 0.307 e. The first-order chi connectivity index (χ1) is 7.77. The van der Waals surface area contributed by atoms with Crippen LogP contribution < -0.4 is 0 Å². The molecule has 5 atom stereocenters. The SMILES string of the molecule is C[C@H]1[C@@H]([N+](=O)[O-])[C@@H](Cl)[C@@H]([N+](=O)[O-])C[C@@H]1C(=O)O. The van der Waals surface area contributed by atoms with Crippen LogP contribution in [0, 0.1) is 32.1 Å². The predicted molar refractivity (Wildman–Crippen MR) is 56.1 cm³/mol. The topological polar surface area (TPSA) is 124 Å². The van der Waals surface area contributed by atoms with Gasteiger partial charge in [-0.2, -0.15) is 0 Å². The van der Waals surface area contributed by atoms with Gasteiger partial charge in [0.2, 0.25) is 12.1 Å². The Balaban J connectivity index is 3.07. The van der Waals surface area contributed by atoms with Gasteiger partial charge in [-0.05, 0) is 0 Å². The Bertz CT molecular complexity index is 336. The van der Waals surface area contributed by atoms with Crippen LogP contribution in [0.2, 0.25) is 0 Å². The van der Waals surface area contributed by atoms with Crippen molar-refractivity contribution in [2.75, 3.05) is 0 Å². The standard InChI is InChI=1S/C8H11ClN2O6/c1-3-4(8(12)13)2-5(10(14)15)6(9)7(3)11(16)17/h3-7H,2H2,1H3,(H,12,13)/t3-,4+,5+,6+,7-/m1/s1. The summed E-state index contributed by atoms with van der Waals surface area (Å²) < 4.78 is 0. The molecule has 0 aromatic carbocycles. The molecule has 1 rings (SSSR count). The normalized spacial score (nSPS) is 37.4. The van der Waals surface area contributed by atoms with E-state index in [1.165, 1.54) is 6.92 Å². The Morgan fingerprint density at radius 3 is 2.24 bits per heavy atom. The number of nitro groups is 2. The van der Waals surface area contributed by atoms with Gasteiger partial charge in [0.25, 0.3) is 0 Å². The number of nitrogens with zero attached hydrogens (tertiary/aromatic N) is 2. The highest BCUT2D eigenvalue weighted by atomic mass is 35.5. The van der Waals surface area contributed by atoms with Crippen LogP contribution in [0.1, 0.15) is 13.3 Å². The van der Waals surface area contributed by atoms with E-state index in [-0.39, 0.29) is 6.42 Å². The van der Waals surface area contributed by atoms with E-state index < -0.39 is 45.1 Å². The van der Waals surface area contributed by atoms with Crippen LogP contribution in [-0.4, -0.2) is 38.4 Å².